The summed E-state index contributed by atoms with van der Waals surface area (Å²) in [7, 11) is 0. The van der Waals surface area contributed by atoms with E-state index in [1.54, 1.807) is 19.2 Å². The van der Waals surface area contributed by atoms with E-state index in [9.17, 15) is 9.59 Å². The van der Waals surface area contributed by atoms with Crippen LogP contribution in [-0.2, 0) is 11.3 Å². The van der Waals surface area contributed by atoms with Gasteiger partial charge in [0.05, 0.1) is 5.69 Å². The SMILES string of the molecule is Cc1cccn2c(=O)cc(CNC(C)C(=O)O)nc12. The molecule has 0 bridgehead atoms. The van der Waals surface area contributed by atoms with Gasteiger partial charge in [0.25, 0.3) is 5.56 Å². The van der Waals surface area contributed by atoms with Gasteiger partial charge in [-0.1, -0.05) is 6.07 Å². The highest BCUT2D eigenvalue weighted by Crippen LogP contribution is 2.05. The van der Waals surface area contributed by atoms with Crippen LogP contribution in [0.5, 0.6) is 0 Å². The quantitative estimate of drug-likeness (QED) is 0.840. The van der Waals surface area contributed by atoms with Gasteiger partial charge in [-0.05, 0) is 25.5 Å². The third-order valence-corrected chi connectivity index (χ3v) is 2.90. The molecule has 1 unspecified atom stereocenters. The van der Waals surface area contributed by atoms with Crippen molar-refractivity contribution in [1.29, 1.82) is 0 Å². The van der Waals surface area contributed by atoms with Crippen LogP contribution in [0.15, 0.2) is 29.2 Å². The van der Waals surface area contributed by atoms with Crippen LogP contribution < -0.4 is 10.9 Å². The zero-order chi connectivity index (χ0) is 14.0. The van der Waals surface area contributed by atoms with Crippen LogP contribution in [0.2, 0.25) is 0 Å². The highest BCUT2D eigenvalue weighted by Gasteiger charge is 2.11. The van der Waals surface area contributed by atoms with Crippen molar-refractivity contribution in [3.63, 3.8) is 0 Å². The lowest BCUT2D eigenvalue weighted by atomic mass is 10.2. The van der Waals surface area contributed by atoms with Gasteiger partial charge in [-0.2, -0.15) is 0 Å². The fraction of sp³-hybridized carbons (Fsp3) is 0.308. The summed E-state index contributed by atoms with van der Waals surface area (Å²) in [5, 5.41) is 11.6. The maximum Gasteiger partial charge on any atom is 0.320 e. The van der Waals surface area contributed by atoms with E-state index >= 15 is 0 Å². The number of carboxylic acids is 1. The number of hydrogen-bond donors (Lipinski definition) is 2. The minimum Gasteiger partial charge on any atom is -0.480 e. The molecule has 0 aliphatic heterocycles. The number of nitrogens with zero attached hydrogens (tertiary/aromatic N) is 2. The minimum atomic E-state index is -0.936. The molecule has 0 aliphatic carbocycles. The number of carboxylic acid groups (broad SMARTS) is 1. The summed E-state index contributed by atoms with van der Waals surface area (Å²) >= 11 is 0. The van der Waals surface area contributed by atoms with Gasteiger partial charge in [0.2, 0.25) is 0 Å². The van der Waals surface area contributed by atoms with Crippen molar-refractivity contribution in [1.82, 2.24) is 14.7 Å². The van der Waals surface area contributed by atoms with Gasteiger partial charge >= 0.3 is 5.97 Å². The van der Waals surface area contributed by atoms with Crippen molar-refractivity contribution in [3.05, 3.63) is 46.0 Å². The Kier molecular flexibility index (Phi) is 3.62. The zero-order valence-electron chi connectivity index (χ0n) is 10.8. The van der Waals surface area contributed by atoms with E-state index in [1.165, 1.54) is 10.5 Å². The molecule has 2 rings (SSSR count). The fourth-order valence-corrected chi connectivity index (χ4v) is 1.74. The van der Waals surface area contributed by atoms with Crippen molar-refractivity contribution < 1.29 is 9.90 Å². The normalized spacial score (nSPS) is 12.5. The Morgan fingerprint density at radius 1 is 1.58 bits per heavy atom. The lowest BCUT2D eigenvalue weighted by Gasteiger charge is -2.09. The number of aromatic nitrogens is 2. The van der Waals surface area contributed by atoms with Gasteiger partial charge in [-0.15, -0.1) is 0 Å². The van der Waals surface area contributed by atoms with Gasteiger partial charge in [0.15, 0.2) is 0 Å². The van der Waals surface area contributed by atoms with Gasteiger partial charge in [-0.3, -0.25) is 19.3 Å². The first-order chi connectivity index (χ1) is 8.99. The number of aryl methyl sites for hydroxylation is 1. The number of fused-ring (bicyclic) bond motifs is 1. The highest BCUT2D eigenvalue weighted by molar-refractivity contribution is 5.72. The van der Waals surface area contributed by atoms with E-state index in [0.717, 1.165) is 5.56 Å². The standard InChI is InChI=1S/C13H15N3O3/c1-8-4-3-5-16-11(17)6-10(15-12(8)16)7-14-9(2)13(18)19/h3-6,9,14H,7H2,1-2H3,(H,18,19). The predicted octanol–water partition coefficient (Wildman–Crippen LogP) is 0.566. The topological polar surface area (TPSA) is 83.7 Å². The Bertz CT molecular complexity index is 678. The molecule has 0 aromatic carbocycles. The summed E-state index contributed by atoms with van der Waals surface area (Å²) in [5.74, 6) is -0.936. The summed E-state index contributed by atoms with van der Waals surface area (Å²) in [6.45, 7) is 3.66. The van der Waals surface area contributed by atoms with Crippen molar-refractivity contribution in [2.75, 3.05) is 0 Å². The first kappa shape index (κ1) is 13.2. The molecule has 0 saturated heterocycles. The van der Waals surface area contributed by atoms with Crippen LogP contribution >= 0.6 is 0 Å². The summed E-state index contributed by atoms with van der Waals surface area (Å²) in [6.07, 6.45) is 1.66. The van der Waals surface area contributed by atoms with Crippen LogP contribution in [0, 0.1) is 6.92 Å². The third-order valence-electron chi connectivity index (χ3n) is 2.90. The van der Waals surface area contributed by atoms with Crippen molar-refractivity contribution in [2.45, 2.75) is 26.4 Å². The molecule has 19 heavy (non-hydrogen) atoms. The Balaban J connectivity index is 2.33. The molecule has 2 heterocycles. The molecule has 0 radical (unpaired) electrons. The number of hydrogen-bond acceptors (Lipinski definition) is 4. The molecule has 2 aromatic heterocycles. The smallest absolute Gasteiger partial charge is 0.320 e. The Morgan fingerprint density at radius 2 is 2.32 bits per heavy atom. The number of pyridine rings is 1. The molecule has 6 heteroatoms. The second-order valence-corrected chi connectivity index (χ2v) is 4.41. The first-order valence-corrected chi connectivity index (χ1v) is 5.93. The molecule has 2 aromatic rings. The predicted molar refractivity (Wildman–Crippen MR) is 70.1 cm³/mol. The number of nitrogens with one attached hydrogen (secondary N) is 1. The molecule has 0 fully saturated rings. The van der Waals surface area contributed by atoms with Crippen molar-refractivity contribution in [2.24, 2.45) is 0 Å². The van der Waals surface area contributed by atoms with E-state index in [0.29, 0.717) is 11.3 Å². The van der Waals surface area contributed by atoms with Crippen LogP contribution in [-0.4, -0.2) is 26.5 Å². The number of carbonyl (C=O) groups is 1. The van der Waals surface area contributed by atoms with E-state index in [2.05, 4.69) is 10.3 Å². The monoisotopic (exact) mass is 261 g/mol. The van der Waals surface area contributed by atoms with Crippen LogP contribution in [0.4, 0.5) is 0 Å². The fourth-order valence-electron chi connectivity index (χ4n) is 1.74. The molecule has 0 amide bonds. The van der Waals surface area contributed by atoms with Gasteiger partial charge in [0.1, 0.15) is 11.7 Å². The molecule has 0 spiro atoms. The van der Waals surface area contributed by atoms with E-state index in [4.69, 9.17) is 5.11 Å². The number of aliphatic carboxylic acids is 1. The largest absolute Gasteiger partial charge is 0.480 e. The Labute approximate surface area is 109 Å². The molecule has 1 atom stereocenters. The summed E-state index contributed by atoms with van der Waals surface area (Å²) < 4.78 is 1.47. The van der Waals surface area contributed by atoms with Gasteiger partial charge in [0, 0.05) is 18.8 Å². The number of rotatable bonds is 4. The third kappa shape index (κ3) is 2.79. The molecule has 0 aliphatic rings. The lowest BCUT2D eigenvalue weighted by Crippen LogP contribution is -2.33. The maximum absolute atomic E-state index is 11.9. The minimum absolute atomic E-state index is 0.173. The maximum atomic E-state index is 11.9. The Morgan fingerprint density at radius 3 is 3.00 bits per heavy atom. The Hall–Kier alpha value is -2.21. The average Bonchev–Trinajstić information content (AvgIpc) is 2.37. The van der Waals surface area contributed by atoms with Gasteiger partial charge in [-0.25, -0.2) is 4.98 Å². The van der Waals surface area contributed by atoms with E-state index in [-0.39, 0.29) is 12.1 Å². The molecule has 6 nitrogen and oxygen atoms in total. The molecular weight excluding hydrogens is 246 g/mol. The highest BCUT2D eigenvalue weighted by atomic mass is 16.4. The van der Waals surface area contributed by atoms with Gasteiger partial charge < -0.3 is 5.11 Å². The molecule has 100 valence electrons. The van der Waals surface area contributed by atoms with Crippen LogP contribution in [0.25, 0.3) is 5.65 Å². The molecule has 2 N–H and O–H groups in total. The zero-order valence-corrected chi connectivity index (χ0v) is 10.8. The summed E-state index contributed by atoms with van der Waals surface area (Å²) in [6, 6.07) is 4.39. The lowest BCUT2D eigenvalue weighted by molar-refractivity contribution is -0.139. The summed E-state index contributed by atoms with van der Waals surface area (Å²) in [5.41, 5.74) is 1.85. The van der Waals surface area contributed by atoms with E-state index < -0.39 is 12.0 Å². The van der Waals surface area contributed by atoms with E-state index in [1.807, 2.05) is 13.0 Å². The summed E-state index contributed by atoms with van der Waals surface area (Å²) in [4.78, 5) is 27.0. The van der Waals surface area contributed by atoms with Crippen LogP contribution in [0.3, 0.4) is 0 Å². The second-order valence-electron chi connectivity index (χ2n) is 4.41. The molecule has 0 saturated carbocycles. The van der Waals surface area contributed by atoms with Crippen molar-refractivity contribution in [3.8, 4) is 0 Å². The second kappa shape index (κ2) is 5.19. The first-order valence-electron chi connectivity index (χ1n) is 5.93. The molecular formula is C13H15N3O3. The average molecular weight is 261 g/mol. The van der Waals surface area contributed by atoms with Crippen LogP contribution in [0.1, 0.15) is 18.2 Å². The van der Waals surface area contributed by atoms with Crippen molar-refractivity contribution >= 4 is 11.6 Å².